The van der Waals surface area contributed by atoms with E-state index in [1.54, 1.807) is 6.08 Å². The zero-order valence-corrected chi connectivity index (χ0v) is 5.60. The first-order valence-electron chi connectivity index (χ1n) is 2.87. The Morgan fingerprint density at radius 3 is 3.18 bits per heavy atom. The van der Waals surface area contributed by atoms with Crippen LogP contribution in [0.3, 0.4) is 0 Å². The Kier molecular flexibility index (Phi) is 1.95. The quantitative estimate of drug-likeness (QED) is 0.547. The Morgan fingerprint density at radius 2 is 2.64 bits per heavy atom. The van der Waals surface area contributed by atoms with Gasteiger partial charge in [0.15, 0.2) is 0 Å². The molecule has 0 aromatic heterocycles. The molecule has 0 saturated heterocycles. The van der Waals surface area contributed by atoms with Crippen molar-refractivity contribution in [3.8, 4) is 0 Å². The summed E-state index contributed by atoms with van der Waals surface area (Å²) < 4.78 is 0. The second-order valence-electron chi connectivity index (χ2n) is 1.79. The highest BCUT2D eigenvalue weighted by Crippen LogP contribution is 1.97. The van der Waals surface area contributed by atoms with Crippen LogP contribution in [0.1, 0.15) is 0 Å². The maximum atomic E-state index is 10.0. The van der Waals surface area contributed by atoms with Crippen LogP contribution in [0.5, 0.6) is 0 Å². The third-order valence-corrected chi connectivity index (χ3v) is 1.03. The van der Waals surface area contributed by atoms with Gasteiger partial charge in [0, 0.05) is 6.20 Å². The number of hydrogen-bond acceptors (Lipinski definition) is 5. The van der Waals surface area contributed by atoms with E-state index in [4.69, 9.17) is 10.8 Å². The minimum Gasteiger partial charge on any atom is -0.448 e. The van der Waals surface area contributed by atoms with Gasteiger partial charge in [-0.15, -0.1) is 0 Å². The second kappa shape index (κ2) is 2.91. The molecule has 0 unspecified atom stereocenters. The molecule has 1 aliphatic rings. The lowest BCUT2D eigenvalue weighted by Crippen LogP contribution is -2.39. The fourth-order valence-electron chi connectivity index (χ4n) is 0.608. The third-order valence-electron chi connectivity index (χ3n) is 1.03. The second-order valence-corrected chi connectivity index (χ2v) is 1.79. The van der Waals surface area contributed by atoms with E-state index in [0.29, 0.717) is 6.54 Å². The van der Waals surface area contributed by atoms with Gasteiger partial charge in [-0.05, 0) is 6.08 Å². The summed E-state index contributed by atoms with van der Waals surface area (Å²) in [5.74, 6) is 0.0369. The van der Waals surface area contributed by atoms with E-state index in [9.17, 15) is 4.79 Å². The lowest BCUT2D eigenvalue weighted by molar-refractivity contribution is -0.0570. The summed E-state index contributed by atoms with van der Waals surface area (Å²) in [6, 6.07) is 0. The number of hydroxylamine groups is 2. The van der Waals surface area contributed by atoms with Gasteiger partial charge < -0.3 is 15.7 Å². The summed E-state index contributed by atoms with van der Waals surface area (Å²) in [4.78, 5) is 17.9. The Balaban J connectivity index is 2.54. The average Bonchev–Trinajstić information content (AvgIpc) is 1.93. The minimum atomic E-state index is -1.40. The predicted molar refractivity (Wildman–Crippen MR) is 36.6 cm³/mol. The molecule has 0 radical (unpaired) electrons. The van der Waals surface area contributed by atoms with Gasteiger partial charge in [-0.3, -0.25) is 0 Å². The van der Waals surface area contributed by atoms with Crippen LogP contribution < -0.4 is 5.73 Å². The number of carboxylic acid groups (broad SMARTS) is 1. The molecule has 0 bridgehead atoms. The molecule has 0 saturated carbocycles. The summed E-state index contributed by atoms with van der Waals surface area (Å²) in [5, 5.41) is 9.16. The first-order chi connectivity index (χ1) is 5.20. The topological polar surface area (TPSA) is 88.1 Å². The van der Waals surface area contributed by atoms with Gasteiger partial charge in [0.05, 0.1) is 6.54 Å². The Bertz CT molecular complexity index is 223. The predicted octanol–water partition coefficient (Wildman–Crippen LogP) is -0.260. The molecule has 0 aromatic carbocycles. The molecule has 1 rings (SSSR count). The molecular formula is C5H7N3O3. The first-order valence-corrected chi connectivity index (χ1v) is 2.87. The van der Waals surface area contributed by atoms with Crippen molar-refractivity contribution in [2.24, 2.45) is 10.7 Å². The van der Waals surface area contributed by atoms with E-state index < -0.39 is 6.16 Å². The van der Waals surface area contributed by atoms with Crippen molar-refractivity contribution in [3.63, 3.8) is 0 Å². The molecule has 0 atom stereocenters. The van der Waals surface area contributed by atoms with Gasteiger partial charge in [-0.2, -0.15) is 5.06 Å². The molecule has 1 heterocycles. The largest absolute Gasteiger partial charge is 0.531 e. The van der Waals surface area contributed by atoms with Crippen molar-refractivity contribution in [1.82, 2.24) is 5.06 Å². The fraction of sp³-hybridized carbons (Fsp3) is 0.200. The van der Waals surface area contributed by atoms with Crippen LogP contribution in [-0.2, 0) is 4.84 Å². The highest BCUT2D eigenvalue weighted by atomic mass is 16.8. The zero-order chi connectivity index (χ0) is 8.27. The molecule has 6 heteroatoms. The molecule has 60 valence electrons. The van der Waals surface area contributed by atoms with Gasteiger partial charge in [0.25, 0.3) is 0 Å². The highest BCUT2D eigenvalue weighted by Gasteiger charge is 2.13. The van der Waals surface area contributed by atoms with Gasteiger partial charge in [-0.25, -0.2) is 9.79 Å². The van der Waals surface area contributed by atoms with Crippen LogP contribution >= 0.6 is 0 Å². The summed E-state index contributed by atoms with van der Waals surface area (Å²) in [7, 11) is 0. The van der Waals surface area contributed by atoms with E-state index in [1.807, 2.05) is 0 Å². The van der Waals surface area contributed by atoms with E-state index in [-0.39, 0.29) is 5.96 Å². The fourth-order valence-corrected chi connectivity index (χ4v) is 0.608. The maximum Gasteiger partial charge on any atom is 0.531 e. The molecule has 0 fully saturated rings. The Morgan fingerprint density at radius 1 is 1.91 bits per heavy atom. The maximum absolute atomic E-state index is 10.0. The van der Waals surface area contributed by atoms with Gasteiger partial charge in [0.1, 0.15) is 0 Å². The van der Waals surface area contributed by atoms with Gasteiger partial charge >= 0.3 is 6.16 Å². The van der Waals surface area contributed by atoms with Gasteiger partial charge in [0.2, 0.25) is 5.96 Å². The lowest BCUT2D eigenvalue weighted by atomic mass is 10.5. The molecule has 3 N–H and O–H groups in total. The first kappa shape index (κ1) is 7.39. The lowest BCUT2D eigenvalue weighted by Gasteiger charge is -2.19. The highest BCUT2D eigenvalue weighted by molar-refractivity contribution is 5.79. The number of rotatable bonds is 1. The third kappa shape index (κ3) is 1.85. The molecule has 0 aromatic rings. The molecule has 1 aliphatic heterocycles. The standard InChI is InChI=1S/C5H7N3O3/c6-4-7-2-1-3-8(4)11-5(9)10/h1-2H,3H2,(H2,6,7)(H,9,10). The average molecular weight is 157 g/mol. The summed E-state index contributed by atoms with van der Waals surface area (Å²) in [5.41, 5.74) is 5.26. The van der Waals surface area contributed by atoms with Crippen LogP contribution in [0.15, 0.2) is 17.3 Å². The van der Waals surface area contributed by atoms with Crippen molar-refractivity contribution in [2.75, 3.05) is 6.54 Å². The SMILES string of the molecule is NC1=NC=CCN1OC(=O)O. The van der Waals surface area contributed by atoms with Crippen LogP contribution in [0, 0.1) is 0 Å². The minimum absolute atomic E-state index is 0.0369. The molecular weight excluding hydrogens is 150 g/mol. The van der Waals surface area contributed by atoms with Crippen LogP contribution in [0.2, 0.25) is 0 Å². The number of nitrogens with two attached hydrogens (primary N) is 1. The number of guanidine groups is 1. The van der Waals surface area contributed by atoms with Crippen LogP contribution in [0.4, 0.5) is 4.79 Å². The van der Waals surface area contributed by atoms with E-state index in [1.165, 1.54) is 6.20 Å². The van der Waals surface area contributed by atoms with Crippen molar-refractivity contribution in [3.05, 3.63) is 12.3 Å². The molecule has 0 spiro atoms. The summed E-state index contributed by atoms with van der Waals surface area (Å²) in [6.07, 6.45) is 1.70. The van der Waals surface area contributed by atoms with E-state index in [0.717, 1.165) is 5.06 Å². The Labute approximate surface area is 62.5 Å². The van der Waals surface area contributed by atoms with Crippen LogP contribution in [-0.4, -0.2) is 28.8 Å². The summed E-state index contributed by atoms with van der Waals surface area (Å²) >= 11 is 0. The number of carbonyl (C=O) groups is 1. The van der Waals surface area contributed by atoms with E-state index in [2.05, 4.69) is 9.83 Å². The monoisotopic (exact) mass is 157 g/mol. The van der Waals surface area contributed by atoms with Crippen molar-refractivity contribution >= 4 is 12.1 Å². The zero-order valence-electron chi connectivity index (χ0n) is 5.60. The van der Waals surface area contributed by atoms with Crippen molar-refractivity contribution in [2.45, 2.75) is 0 Å². The smallest absolute Gasteiger partial charge is 0.448 e. The Hall–Kier alpha value is -1.72. The summed E-state index contributed by atoms with van der Waals surface area (Å²) in [6.45, 7) is 0.293. The van der Waals surface area contributed by atoms with E-state index >= 15 is 0 Å². The number of nitrogens with zero attached hydrogens (tertiary/aromatic N) is 2. The van der Waals surface area contributed by atoms with Gasteiger partial charge in [-0.1, -0.05) is 0 Å². The number of aliphatic imine (C=N–C) groups is 1. The molecule has 11 heavy (non-hydrogen) atoms. The molecule has 0 amide bonds. The van der Waals surface area contributed by atoms with Crippen LogP contribution in [0.25, 0.3) is 0 Å². The van der Waals surface area contributed by atoms with Crippen molar-refractivity contribution < 1.29 is 14.7 Å². The molecule has 0 aliphatic carbocycles. The molecule has 6 nitrogen and oxygen atoms in total. The number of hydrogen-bond donors (Lipinski definition) is 2. The normalized spacial score (nSPS) is 16.0. The van der Waals surface area contributed by atoms with Crippen molar-refractivity contribution in [1.29, 1.82) is 0 Å².